The summed E-state index contributed by atoms with van der Waals surface area (Å²) < 4.78 is 14.2. The Morgan fingerprint density at radius 2 is 0.964 bits per heavy atom. The van der Waals surface area contributed by atoms with Crippen molar-refractivity contribution in [3.8, 4) is 28.7 Å². The Hall–Kier alpha value is -8.84. The highest BCUT2D eigenvalue weighted by molar-refractivity contribution is 6.31. The molecule has 0 radical (unpaired) electrons. The molecule has 1 atom stereocenters. The summed E-state index contributed by atoms with van der Waals surface area (Å²) in [4.78, 5) is 47.4. The molecular weight excluding hydrogens is 1460 g/mol. The first-order valence-corrected chi connectivity index (χ1v) is 40.8. The van der Waals surface area contributed by atoms with Crippen molar-refractivity contribution >= 4 is 75.1 Å². The number of aromatic carboxylic acids is 1. The predicted octanol–water partition coefficient (Wildman–Crippen LogP) is 15.8. The quantitative estimate of drug-likeness (QED) is 0.0592. The number of anilines is 4. The molecule has 0 saturated carbocycles. The van der Waals surface area contributed by atoms with E-state index < -0.39 is 24.1 Å². The van der Waals surface area contributed by atoms with E-state index in [1.165, 1.54) is 136 Å². The van der Waals surface area contributed by atoms with E-state index in [2.05, 4.69) is 59.2 Å². The number of carboxylic acids is 1. The SMILES string of the molecule is C.C.O=C([O-])c1ccc(Cl)cc1C1=c2cc3c4c(c2Oc2c1cc1c5c2CCCN5CCCC1)CCC[N+]=4CCCC3.O=C1OC(O)c2cc(Cl)ccc21.O=O.OCc1ccc(Cl)cc1C(c1cc2c3c(c1O)CCCN3CCCC2)c1cc2c3c(c1O)CCCN3CCCC2.Oc1ccc2c3c1CCCN3CCCC2. The Morgan fingerprint density at radius 3 is 1.57 bits per heavy atom. The van der Waals surface area contributed by atoms with E-state index in [0.29, 0.717) is 49.0 Å². The van der Waals surface area contributed by atoms with Gasteiger partial charge in [0.2, 0.25) is 11.6 Å². The van der Waals surface area contributed by atoms with Crippen molar-refractivity contribution in [2.45, 2.75) is 194 Å². The predicted molar refractivity (Wildman–Crippen MR) is 440 cm³/mol. The number of ether oxygens (including phenoxy) is 2. The van der Waals surface area contributed by atoms with Crippen LogP contribution >= 0.6 is 34.8 Å². The molecule has 0 fully saturated rings. The topological polar surface area (TPSA) is 227 Å². The van der Waals surface area contributed by atoms with Crippen molar-refractivity contribution in [2.24, 2.45) is 0 Å². The van der Waals surface area contributed by atoms with Crippen molar-refractivity contribution in [2.75, 3.05) is 85.0 Å². The Balaban J connectivity index is 0.000000135. The molecular formula is C91H102Cl3N5O12. The molecule has 12 aliphatic rings. The van der Waals surface area contributed by atoms with Gasteiger partial charge in [-0.25, -0.2) is 9.37 Å². The Bertz CT molecular complexity index is 5000. The molecule has 0 aromatic heterocycles. The van der Waals surface area contributed by atoms with Gasteiger partial charge in [-0.05, 0) is 259 Å². The molecule has 584 valence electrons. The number of nitrogens with zero attached hydrogens (tertiary/aromatic N) is 5. The molecule has 111 heavy (non-hydrogen) atoms. The lowest BCUT2D eigenvalue weighted by Gasteiger charge is -2.36. The second-order valence-corrected chi connectivity index (χ2v) is 32.6. The van der Waals surface area contributed by atoms with Crippen LogP contribution in [0.2, 0.25) is 15.1 Å². The van der Waals surface area contributed by atoms with E-state index >= 15 is 0 Å². The number of aryl methyl sites for hydroxylation is 5. The van der Waals surface area contributed by atoms with Gasteiger partial charge < -0.3 is 64.5 Å². The molecule has 1 unspecified atom stereocenters. The van der Waals surface area contributed by atoms with E-state index in [-0.39, 0.29) is 27.0 Å². The first-order chi connectivity index (χ1) is 53.2. The van der Waals surface area contributed by atoms with Crippen molar-refractivity contribution in [1.82, 2.24) is 4.58 Å². The smallest absolute Gasteiger partial charge is 0.341 e. The molecule has 20 rings (SSSR count). The van der Waals surface area contributed by atoms with Gasteiger partial charge in [0, 0.05) is 185 Å². The van der Waals surface area contributed by atoms with E-state index in [1.54, 1.807) is 18.2 Å². The van der Waals surface area contributed by atoms with Gasteiger partial charge in [-0.3, -0.25) is 0 Å². The summed E-state index contributed by atoms with van der Waals surface area (Å²) in [7, 11) is 0. The maximum atomic E-state index is 12.5. The molecule has 5 N–H and O–H groups in total. The third-order valence-electron chi connectivity index (χ3n) is 24.8. The summed E-state index contributed by atoms with van der Waals surface area (Å²) in [5.74, 6) is 0.875. The number of hydrogen-bond acceptors (Lipinski definition) is 16. The second-order valence-electron chi connectivity index (χ2n) is 31.3. The number of carbonyl (C=O) groups excluding carboxylic acids is 2. The number of carbonyl (C=O) groups is 2. The number of fused-ring (bicyclic) bond motifs is 5. The van der Waals surface area contributed by atoms with Crippen LogP contribution in [0.15, 0.2) is 91.0 Å². The second kappa shape index (κ2) is 33.8. The van der Waals surface area contributed by atoms with Crippen LogP contribution < -0.4 is 44.6 Å². The lowest BCUT2D eigenvalue weighted by atomic mass is 9.77. The number of benzene rings is 8. The van der Waals surface area contributed by atoms with Gasteiger partial charge in [0.15, 0.2) is 0 Å². The molecule has 17 nitrogen and oxygen atoms in total. The van der Waals surface area contributed by atoms with Crippen molar-refractivity contribution in [3.05, 3.63) is 232 Å². The van der Waals surface area contributed by atoms with Gasteiger partial charge in [-0.2, -0.15) is 0 Å². The Labute approximate surface area is 665 Å². The number of esters is 1. The van der Waals surface area contributed by atoms with Crippen LogP contribution in [-0.2, 0) is 75.6 Å². The van der Waals surface area contributed by atoms with Gasteiger partial charge in [-0.1, -0.05) is 67.9 Å². The van der Waals surface area contributed by atoms with Crippen LogP contribution in [0.4, 0.5) is 22.7 Å². The van der Waals surface area contributed by atoms with Gasteiger partial charge in [0.1, 0.15) is 41.8 Å². The number of phenols is 3. The summed E-state index contributed by atoms with van der Waals surface area (Å²) >= 11 is 18.8. The molecule has 0 bridgehead atoms. The number of phenolic OH excluding ortho intramolecular Hbond substituents is 3. The standard InChI is InChI=1S/C34H33ClN2O3.C34H39ClN2O3.C13H17NO.C8H5ClO3.2CH4.O2/c35-22-11-12-23(34(38)39)26(19-22)29-27-17-20-7-1-3-13-36-15-5-9-24(30(20)36)32(27)40-33-25-10-6-16-37-14-4-2-8-21(31(25)37)18-28(29)33;35-24-12-11-23(20-38)27(19-24)30(28-17-21-7-1-3-13-36-15-5-9-25(31(21)36)33(28)39)29-18-22-8-2-4-14-37-16-6-10-26(32(22)37)34(29)40;15-12-7-6-10-4-1-2-8-14-9-3-5-11(12)13(10)14;9-4-1-2-5-6(3-4)8(11)12-7(5)10;;;1-2/h11-12,17-19H,1-10,13-16H2;11-12,17-19,30,38-40H,1-10,13-16,20H2;6-7,15H,1-5,8-9H2;1-3,8,11H;2*1H4;. The molecule has 0 saturated heterocycles. The number of cyclic esters (lactones) is 1. The number of carboxylic acid groups (broad SMARTS) is 1. The average Bonchev–Trinajstić information content (AvgIpc) is 1.38. The molecule has 12 heterocycles. The molecule has 20 heteroatoms. The van der Waals surface area contributed by atoms with E-state index in [4.69, 9.17) is 49.5 Å². The molecule has 8 aromatic rings. The minimum atomic E-state index is -1.18. The van der Waals surface area contributed by atoms with E-state index in [0.717, 1.165) is 236 Å². The minimum Gasteiger partial charge on any atom is -0.545 e. The first-order valence-electron chi connectivity index (χ1n) is 39.7. The number of aliphatic hydroxyl groups excluding tert-OH is 2. The van der Waals surface area contributed by atoms with Crippen molar-refractivity contribution in [3.63, 3.8) is 0 Å². The number of halogens is 3. The summed E-state index contributed by atoms with van der Waals surface area (Å²) in [6.07, 6.45) is 26.0. The number of rotatable bonds is 6. The van der Waals surface area contributed by atoms with Gasteiger partial charge >= 0.3 is 5.97 Å². The third-order valence-corrected chi connectivity index (χ3v) is 25.5. The lowest BCUT2D eigenvalue weighted by Crippen LogP contribution is -2.41. The highest BCUT2D eigenvalue weighted by Crippen LogP contribution is 2.54. The van der Waals surface area contributed by atoms with Gasteiger partial charge in [0.05, 0.1) is 23.7 Å². The van der Waals surface area contributed by atoms with Crippen molar-refractivity contribution < 1.29 is 49.7 Å². The molecule has 8 aromatic carbocycles. The van der Waals surface area contributed by atoms with Crippen LogP contribution in [-0.4, -0.2) is 103 Å². The molecule has 0 aliphatic carbocycles. The highest BCUT2D eigenvalue weighted by atomic mass is 35.5. The number of hydrogen-bond donors (Lipinski definition) is 5. The van der Waals surface area contributed by atoms with E-state index in [1.807, 2.05) is 30.3 Å². The highest BCUT2D eigenvalue weighted by Gasteiger charge is 2.39. The van der Waals surface area contributed by atoms with Crippen LogP contribution in [0.25, 0.3) is 5.57 Å². The van der Waals surface area contributed by atoms with Crippen LogP contribution in [0, 0.1) is 9.93 Å². The fourth-order valence-corrected chi connectivity index (χ4v) is 20.6. The minimum absolute atomic E-state index is 0. The number of aromatic hydroxyl groups is 3. The zero-order valence-corrected chi connectivity index (χ0v) is 64.0. The largest absolute Gasteiger partial charge is 0.545 e. The normalized spacial score (nSPS) is 18.3. The van der Waals surface area contributed by atoms with Crippen LogP contribution in [0.1, 0.15) is 239 Å². The molecule has 12 aliphatic heterocycles. The number of aliphatic hydroxyl groups is 2. The maximum absolute atomic E-state index is 12.5. The molecule has 0 amide bonds. The summed E-state index contributed by atoms with van der Waals surface area (Å²) in [6, 6.07) is 28.3. The Morgan fingerprint density at radius 1 is 0.477 bits per heavy atom. The fraction of sp³-hybridized carbons (Fsp3) is 0.440. The van der Waals surface area contributed by atoms with Crippen molar-refractivity contribution in [1.29, 1.82) is 0 Å². The molecule has 0 spiro atoms. The zero-order valence-electron chi connectivity index (χ0n) is 61.7. The fourth-order valence-electron chi connectivity index (χ4n) is 20.1. The first kappa shape index (κ1) is 78.8. The summed E-state index contributed by atoms with van der Waals surface area (Å²) in [5.41, 5.74) is 24.6. The third kappa shape index (κ3) is 14.9. The average molecular weight is 1560 g/mol. The maximum Gasteiger partial charge on any atom is 0.341 e. The van der Waals surface area contributed by atoms with Crippen LogP contribution in [0.5, 0.6) is 28.7 Å². The van der Waals surface area contributed by atoms with Gasteiger partial charge in [-0.15, -0.1) is 0 Å². The monoisotopic (exact) mass is 1560 g/mol. The van der Waals surface area contributed by atoms with Gasteiger partial charge in [0.25, 0.3) is 0 Å². The summed E-state index contributed by atoms with van der Waals surface area (Å²) in [5, 5.41) is 70.1. The lowest BCUT2D eigenvalue weighted by molar-refractivity contribution is -0.255. The summed E-state index contributed by atoms with van der Waals surface area (Å²) in [6.45, 7) is 10.7. The Kier molecular flexibility index (Phi) is 24.0. The zero-order chi connectivity index (χ0) is 75.3. The van der Waals surface area contributed by atoms with Crippen LogP contribution in [0.3, 0.4) is 0 Å². The van der Waals surface area contributed by atoms with E-state index in [9.17, 15) is 40.2 Å².